The van der Waals surface area contributed by atoms with Crippen molar-refractivity contribution in [2.75, 3.05) is 19.7 Å². The number of hydrogen-bond donors (Lipinski definition) is 1. The van der Waals surface area contributed by atoms with Crippen molar-refractivity contribution in [3.8, 4) is 0 Å². The van der Waals surface area contributed by atoms with Crippen molar-refractivity contribution in [1.29, 1.82) is 0 Å². The maximum absolute atomic E-state index is 8.90. The smallest absolute Gasteiger partial charge is 0.0558 e. The number of nitrogens with zero attached hydrogens (tertiary/aromatic N) is 1. The second kappa shape index (κ2) is 5.63. The zero-order valence-electron chi connectivity index (χ0n) is 8.17. The molecule has 1 rings (SSSR count). The lowest BCUT2D eigenvalue weighted by molar-refractivity contribution is 0.111. The number of hydrogen-bond acceptors (Lipinski definition) is 2. The van der Waals surface area contributed by atoms with Gasteiger partial charge < -0.3 is 5.11 Å². The van der Waals surface area contributed by atoms with Gasteiger partial charge in [0, 0.05) is 24.7 Å². The maximum atomic E-state index is 8.90. The molecule has 0 spiro atoms. The van der Waals surface area contributed by atoms with E-state index in [1.165, 1.54) is 24.8 Å². The van der Waals surface area contributed by atoms with Crippen LogP contribution in [-0.4, -0.2) is 35.7 Å². The summed E-state index contributed by atoms with van der Waals surface area (Å²) in [6, 6.07) is 0.679. The Bertz CT molecular complexity index is 178. The molecule has 1 saturated carbocycles. The summed E-state index contributed by atoms with van der Waals surface area (Å²) in [5.41, 5.74) is 2.80. The minimum absolute atomic E-state index is 0.242. The molecule has 0 atom stereocenters. The van der Waals surface area contributed by atoms with E-state index < -0.39 is 0 Å². The SMILES string of the molecule is CC(=CCl)CN(CCO)C1CCC1. The van der Waals surface area contributed by atoms with Crippen molar-refractivity contribution in [1.82, 2.24) is 4.90 Å². The van der Waals surface area contributed by atoms with Gasteiger partial charge in [0.15, 0.2) is 0 Å². The van der Waals surface area contributed by atoms with Crippen LogP contribution in [0.4, 0.5) is 0 Å². The van der Waals surface area contributed by atoms with Crippen molar-refractivity contribution in [3.05, 3.63) is 11.1 Å². The summed E-state index contributed by atoms with van der Waals surface area (Å²) in [5, 5.41) is 8.90. The molecule has 0 aromatic heterocycles. The molecule has 0 aromatic carbocycles. The third-order valence-electron chi connectivity index (χ3n) is 2.62. The third-order valence-corrected chi connectivity index (χ3v) is 2.99. The quantitative estimate of drug-likeness (QED) is 0.739. The predicted octanol–water partition coefficient (Wildman–Crippen LogP) is 1.98. The Kier molecular flexibility index (Phi) is 4.78. The van der Waals surface area contributed by atoms with Crippen LogP contribution in [0, 0.1) is 0 Å². The molecule has 0 radical (unpaired) electrons. The van der Waals surface area contributed by atoms with E-state index in [1.807, 2.05) is 6.92 Å². The Balaban J connectivity index is 2.36. The Morgan fingerprint density at radius 2 is 2.31 bits per heavy atom. The van der Waals surface area contributed by atoms with Gasteiger partial charge in [0.2, 0.25) is 0 Å². The topological polar surface area (TPSA) is 23.5 Å². The highest BCUT2D eigenvalue weighted by Crippen LogP contribution is 2.25. The minimum atomic E-state index is 0.242. The van der Waals surface area contributed by atoms with Gasteiger partial charge in [-0.3, -0.25) is 4.90 Å². The molecule has 1 aliphatic carbocycles. The molecule has 76 valence electrons. The molecule has 0 aliphatic heterocycles. The summed E-state index contributed by atoms with van der Waals surface area (Å²) in [6.07, 6.45) is 3.88. The first-order valence-electron chi connectivity index (χ1n) is 4.88. The molecule has 0 amide bonds. The Labute approximate surface area is 85.2 Å². The van der Waals surface area contributed by atoms with Crippen LogP contribution in [-0.2, 0) is 0 Å². The molecule has 3 heteroatoms. The highest BCUT2D eigenvalue weighted by Gasteiger charge is 2.24. The Morgan fingerprint density at radius 3 is 2.69 bits per heavy atom. The molecule has 0 bridgehead atoms. The van der Waals surface area contributed by atoms with Crippen LogP contribution in [0.3, 0.4) is 0 Å². The number of halogens is 1. The zero-order chi connectivity index (χ0) is 9.68. The fourth-order valence-corrected chi connectivity index (χ4v) is 1.69. The standard InChI is InChI=1S/C10H18ClNO/c1-9(7-11)8-12(5-6-13)10-3-2-4-10/h7,10,13H,2-6,8H2,1H3. The van der Waals surface area contributed by atoms with Gasteiger partial charge in [-0.2, -0.15) is 0 Å². The van der Waals surface area contributed by atoms with Crippen LogP contribution in [0.2, 0.25) is 0 Å². The zero-order valence-corrected chi connectivity index (χ0v) is 8.93. The van der Waals surface area contributed by atoms with Crippen molar-refractivity contribution in [2.24, 2.45) is 0 Å². The van der Waals surface area contributed by atoms with E-state index in [0.29, 0.717) is 6.04 Å². The fourth-order valence-electron chi connectivity index (χ4n) is 1.63. The van der Waals surface area contributed by atoms with Gasteiger partial charge in [-0.15, -0.1) is 0 Å². The molecular weight excluding hydrogens is 186 g/mol. The Hall–Kier alpha value is -0.0500. The van der Waals surface area contributed by atoms with E-state index in [0.717, 1.165) is 13.1 Å². The molecule has 0 heterocycles. The Morgan fingerprint density at radius 1 is 1.62 bits per heavy atom. The van der Waals surface area contributed by atoms with Gasteiger partial charge in [0.1, 0.15) is 0 Å². The summed E-state index contributed by atoms with van der Waals surface area (Å²) < 4.78 is 0. The number of aliphatic hydroxyl groups is 1. The van der Waals surface area contributed by atoms with Crippen molar-refractivity contribution < 1.29 is 5.11 Å². The first kappa shape index (κ1) is 11.0. The van der Waals surface area contributed by atoms with Crippen molar-refractivity contribution in [3.63, 3.8) is 0 Å². The van der Waals surface area contributed by atoms with E-state index in [-0.39, 0.29) is 6.61 Å². The average Bonchev–Trinajstić information content (AvgIpc) is 2.01. The van der Waals surface area contributed by atoms with E-state index in [1.54, 1.807) is 5.54 Å². The van der Waals surface area contributed by atoms with E-state index in [9.17, 15) is 0 Å². The van der Waals surface area contributed by atoms with Crippen LogP contribution in [0.15, 0.2) is 11.1 Å². The molecule has 1 N–H and O–H groups in total. The molecular formula is C10H18ClNO. The summed E-state index contributed by atoms with van der Waals surface area (Å²) in [4.78, 5) is 2.32. The van der Waals surface area contributed by atoms with Crippen LogP contribution >= 0.6 is 11.6 Å². The summed E-state index contributed by atoms with van der Waals surface area (Å²) in [5.74, 6) is 0. The van der Waals surface area contributed by atoms with Gasteiger partial charge in [0.25, 0.3) is 0 Å². The highest BCUT2D eigenvalue weighted by atomic mass is 35.5. The number of rotatable bonds is 5. The van der Waals surface area contributed by atoms with Crippen LogP contribution in [0.25, 0.3) is 0 Å². The first-order valence-corrected chi connectivity index (χ1v) is 5.32. The van der Waals surface area contributed by atoms with Crippen LogP contribution < -0.4 is 0 Å². The average molecular weight is 204 g/mol. The monoisotopic (exact) mass is 203 g/mol. The van der Waals surface area contributed by atoms with Gasteiger partial charge >= 0.3 is 0 Å². The maximum Gasteiger partial charge on any atom is 0.0558 e. The molecule has 0 saturated heterocycles. The molecule has 0 aromatic rings. The predicted molar refractivity (Wildman–Crippen MR) is 55.9 cm³/mol. The second-order valence-corrected chi connectivity index (χ2v) is 3.95. The van der Waals surface area contributed by atoms with Gasteiger partial charge in [0.05, 0.1) is 6.61 Å². The van der Waals surface area contributed by atoms with Crippen LogP contribution in [0.1, 0.15) is 26.2 Å². The van der Waals surface area contributed by atoms with E-state index in [2.05, 4.69) is 4.90 Å². The highest BCUT2D eigenvalue weighted by molar-refractivity contribution is 6.25. The lowest BCUT2D eigenvalue weighted by Gasteiger charge is -2.37. The minimum Gasteiger partial charge on any atom is -0.395 e. The summed E-state index contributed by atoms with van der Waals surface area (Å²) in [6.45, 7) is 3.93. The second-order valence-electron chi connectivity index (χ2n) is 3.73. The molecule has 2 nitrogen and oxygen atoms in total. The van der Waals surface area contributed by atoms with Crippen LogP contribution in [0.5, 0.6) is 0 Å². The molecule has 0 unspecified atom stereocenters. The summed E-state index contributed by atoms with van der Waals surface area (Å²) >= 11 is 5.61. The normalized spacial score (nSPS) is 19.2. The largest absolute Gasteiger partial charge is 0.395 e. The van der Waals surface area contributed by atoms with Gasteiger partial charge in [-0.25, -0.2) is 0 Å². The summed E-state index contributed by atoms with van der Waals surface area (Å²) in [7, 11) is 0. The van der Waals surface area contributed by atoms with E-state index in [4.69, 9.17) is 16.7 Å². The fraction of sp³-hybridized carbons (Fsp3) is 0.800. The lowest BCUT2D eigenvalue weighted by atomic mass is 9.91. The number of aliphatic hydroxyl groups excluding tert-OH is 1. The third kappa shape index (κ3) is 3.29. The van der Waals surface area contributed by atoms with Gasteiger partial charge in [-0.05, 0) is 25.3 Å². The van der Waals surface area contributed by atoms with Gasteiger partial charge in [-0.1, -0.05) is 18.0 Å². The van der Waals surface area contributed by atoms with Crippen molar-refractivity contribution in [2.45, 2.75) is 32.2 Å². The van der Waals surface area contributed by atoms with E-state index >= 15 is 0 Å². The first-order chi connectivity index (χ1) is 6.27. The lowest BCUT2D eigenvalue weighted by Crippen LogP contribution is -2.42. The molecule has 1 aliphatic rings. The van der Waals surface area contributed by atoms with Crippen molar-refractivity contribution >= 4 is 11.6 Å². The molecule has 13 heavy (non-hydrogen) atoms. The molecule has 1 fully saturated rings.